The molecule has 6 heteroatoms. The second-order valence-electron chi connectivity index (χ2n) is 4.17. The zero-order valence-electron chi connectivity index (χ0n) is 10.2. The van der Waals surface area contributed by atoms with E-state index >= 15 is 0 Å². The minimum Gasteiger partial charge on any atom is -0.508 e. The van der Waals surface area contributed by atoms with Gasteiger partial charge < -0.3 is 20.8 Å². The van der Waals surface area contributed by atoms with Crippen molar-refractivity contribution < 1.29 is 15.0 Å². The lowest BCUT2D eigenvalue weighted by Gasteiger charge is -2.12. The van der Waals surface area contributed by atoms with Crippen LogP contribution in [0, 0.1) is 0 Å². The molecule has 5 nitrogen and oxygen atoms in total. The number of rotatable bonds is 3. The first-order valence-electron chi connectivity index (χ1n) is 5.49. The van der Waals surface area contributed by atoms with Crippen molar-refractivity contribution >= 4 is 23.2 Å². The molecule has 0 aliphatic carbocycles. The fourth-order valence-electron chi connectivity index (χ4n) is 1.36. The van der Waals surface area contributed by atoms with Gasteiger partial charge in [-0.3, -0.25) is 4.79 Å². The maximum Gasteiger partial charge on any atom is 0.230 e. The summed E-state index contributed by atoms with van der Waals surface area (Å²) in [5.74, 6) is -0.391. The van der Waals surface area contributed by atoms with E-state index in [0.29, 0.717) is 5.56 Å². The summed E-state index contributed by atoms with van der Waals surface area (Å²) in [4.78, 5) is 11.6. The lowest BCUT2D eigenvalue weighted by atomic mass is 10.1. The summed E-state index contributed by atoms with van der Waals surface area (Å²) >= 11 is 4.93. The molecule has 98 valence electrons. The first-order chi connectivity index (χ1) is 8.38. The van der Waals surface area contributed by atoms with E-state index in [0.717, 1.165) is 0 Å². The number of hydrogen-bond acceptors (Lipinski definition) is 4. The van der Waals surface area contributed by atoms with Gasteiger partial charge in [-0.25, -0.2) is 0 Å². The number of carbonyl (C=O) groups is 1. The molecule has 0 aliphatic heterocycles. The normalized spacial score (nSPS) is 10.2. The molecule has 0 saturated heterocycles. The van der Waals surface area contributed by atoms with Gasteiger partial charge in [0, 0.05) is 11.6 Å². The van der Waals surface area contributed by atoms with Crippen molar-refractivity contribution in [3.05, 3.63) is 23.8 Å². The Morgan fingerprint density at radius 2 is 2.06 bits per heavy atom. The number of carbonyl (C=O) groups excluding carboxylic acids is 1. The van der Waals surface area contributed by atoms with Gasteiger partial charge in [0.25, 0.3) is 0 Å². The van der Waals surface area contributed by atoms with Crippen molar-refractivity contribution in [2.45, 2.75) is 26.3 Å². The molecule has 1 aromatic rings. The summed E-state index contributed by atoms with van der Waals surface area (Å²) in [6, 6.07) is 4.16. The predicted molar refractivity (Wildman–Crippen MR) is 72.5 cm³/mol. The number of amides is 1. The lowest BCUT2D eigenvalue weighted by Crippen LogP contribution is -2.42. The third kappa shape index (κ3) is 4.58. The van der Waals surface area contributed by atoms with Crippen LogP contribution in [-0.2, 0) is 11.2 Å². The maximum atomic E-state index is 11.6. The van der Waals surface area contributed by atoms with Gasteiger partial charge >= 0.3 is 0 Å². The minimum absolute atomic E-state index is 0.00141. The monoisotopic (exact) mass is 268 g/mol. The third-order valence-electron chi connectivity index (χ3n) is 2.09. The van der Waals surface area contributed by atoms with E-state index in [1.54, 1.807) is 0 Å². The van der Waals surface area contributed by atoms with Gasteiger partial charge in [-0.05, 0) is 44.3 Å². The summed E-state index contributed by atoms with van der Waals surface area (Å²) in [5, 5.41) is 24.4. The SMILES string of the molecule is CC(C)NC(=S)NC(=O)Cc1cc(O)ccc1O. The van der Waals surface area contributed by atoms with Crippen LogP contribution in [0.4, 0.5) is 0 Å². The molecule has 18 heavy (non-hydrogen) atoms. The molecule has 0 fully saturated rings. The Bertz CT molecular complexity index is 461. The second-order valence-corrected chi connectivity index (χ2v) is 4.57. The van der Waals surface area contributed by atoms with Gasteiger partial charge in [0.05, 0.1) is 6.42 Å². The average molecular weight is 268 g/mol. The number of aromatic hydroxyl groups is 2. The molecule has 0 unspecified atom stereocenters. The lowest BCUT2D eigenvalue weighted by molar-refractivity contribution is -0.119. The predicted octanol–water partition coefficient (Wildman–Crippen LogP) is 1.04. The highest BCUT2D eigenvalue weighted by atomic mass is 32.1. The van der Waals surface area contributed by atoms with Crippen LogP contribution >= 0.6 is 12.2 Å². The Labute approximate surface area is 111 Å². The van der Waals surface area contributed by atoms with Gasteiger partial charge in [-0.2, -0.15) is 0 Å². The van der Waals surface area contributed by atoms with Gasteiger partial charge in [-0.15, -0.1) is 0 Å². The van der Waals surface area contributed by atoms with E-state index in [1.165, 1.54) is 18.2 Å². The number of nitrogens with one attached hydrogen (secondary N) is 2. The largest absolute Gasteiger partial charge is 0.508 e. The van der Waals surface area contributed by atoms with E-state index in [2.05, 4.69) is 10.6 Å². The Morgan fingerprint density at radius 1 is 1.39 bits per heavy atom. The second kappa shape index (κ2) is 6.20. The standard InChI is InChI=1S/C12H16N2O3S/c1-7(2)13-12(18)14-11(17)6-8-5-9(15)3-4-10(8)16/h3-5,7,15-16H,6H2,1-2H3,(H2,13,14,17,18). The first-order valence-corrected chi connectivity index (χ1v) is 5.90. The van der Waals surface area contributed by atoms with E-state index in [9.17, 15) is 15.0 Å². The molecule has 0 bridgehead atoms. The fraction of sp³-hybridized carbons (Fsp3) is 0.333. The molecule has 4 N–H and O–H groups in total. The number of phenols is 2. The zero-order chi connectivity index (χ0) is 13.7. The van der Waals surface area contributed by atoms with Crippen LogP contribution in [-0.4, -0.2) is 27.3 Å². The first kappa shape index (κ1) is 14.2. The van der Waals surface area contributed by atoms with Crippen LogP contribution in [0.5, 0.6) is 11.5 Å². The topological polar surface area (TPSA) is 81.6 Å². The molecule has 1 rings (SSSR count). The zero-order valence-corrected chi connectivity index (χ0v) is 11.0. The quantitative estimate of drug-likeness (QED) is 0.486. The summed E-state index contributed by atoms with van der Waals surface area (Å²) in [7, 11) is 0. The van der Waals surface area contributed by atoms with E-state index < -0.39 is 0 Å². The number of thiocarbonyl (C=S) groups is 1. The van der Waals surface area contributed by atoms with Crippen molar-refractivity contribution in [3.8, 4) is 11.5 Å². The molecule has 1 aromatic carbocycles. The Hall–Kier alpha value is -1.82. The summed E-state index contributed by atoms with van der Waals surface area (Å²) in [5.41, 5.74) is 0.347. The molecular formula is C12H16N2O3S. The van der Waals surface area contributed by atoms with Crippen LogP contribution in [0.1, 0.15) is 19.4 Å². The van der Waals surface area contributed by atoms with Crippen molar-refractivity contribution in [2.24, 2.45) is 0 Å². The van der Waals surface area contributed by atoms with E-state index in [1.807, 2.05) is 13.8 Å². The van der Waals surface area contributed by atoms with Gasteiger partial charge in [0.2, 0.25) is 5.91 Å². The van der Waals surface area contributed by atoms with Crippen LogP contribution in [0.15, 0.2) is 18.2 Å². The van der Waals surface area contributed by atoms with Crippen molar-refractivity contribution in [1.29, 1.82) is 0 Å². The minimum atomic E-state index is -0.353. The molecular weight excluding hydrogens is 252 g/mol. The third-order valence-corrected chi connectivity index (χ3v) is 2.31. The molecule has 0 radical (unpaired) electrons. The number of phenolic OH excluding ortho intramolecular Hbond substituents is 2. The number of hydrogen-bond donors (Lipinski definition) is 4. The molecule has 0 heterocycles. The van der Waals surface area contributed by atoms with Gasteiger partial charge in [-0.1, -0.05) is 0 Å². The van der Waals surface area contributed by atoms with E-state index in [-0.39, 0.29) is 35.0 Å². The highest BCUT2D eigenvalue weighted by Gasteiger charge is 2.10. The molecule has 0 aliphatic rings. The Balaban J connectivity index is 2.59. The number of benzene rings is 1. The average Bonchev–Trinajstić information content (AvgIpc) is 2.21. The van der Waals surface area contributed by atoms with Crippen LogP contribution in [0.3, 0.4) is 0 Å². The summed E-state index contributed by atoms with van der Waals surface area (Å²) in [6.07, 6.45) is -0.0554. The van der Waals surface area contributed by atoms with Crippen molar-refractivity contribution in [3.63, 3.8) is 0 Å². The summed E-state index contributed by atoms with van der Waals surface area (Å²) in [6.45, 7) is 3.80. The summed E-state index contributed by atoms with van der Waals surface area (Å²) < 4.78 is 0. The van der Waals surface area contributed by atoms with Crippen LogP contribution in [0.25, 0.3) is 0 Å². The smallest absolute Gasteiger partial charge is 0.230 e. The molecule has 0 aromatic heterocycles. The van der Waals surface area contributed by atoms with Crippen molar-refractivity contribution in [2.75, 3.05) is 0 Å². The molecule has 0 atom stereocenters. The highest BCUT2D eigenvalue weighted by molar-refractivity contribution is 7.80. The van der Waals surface area contributed by atoms with Gasteiger partial charge in [0.15, 0.2) is 5.11 Å². The van der Waals surface area contributed by atoms with Crippen molar-refractivity contribution in [1.82, 2.24) is 10.6 Å². The molecule has 0 spiro atoms. The molecule has 1 amide bonds. The van der Waals surface area contributed by atoms with Crippen LogP contribution in [0.2, 0.25) is 0 Å². The maximum absolute atomic E-state index is 11.6. The fourth-order valence-corrected chi connectivity index (χ4v) is 1.71. The highest BCUT2D eigenvalue weighted by Crippen LogP contribution is 2.22. The Morgan fingerprint density at radius 3 is 2.67 bits per heavy atom. The van der Waals surface area contributed by atoms with Crippen LogP contribution < -0.4 is 10.6 Å². The van der Waals surface area contributed by atoms with E-state index in [4.69, 9.17) is 12.2 Å². The Kier molecular flexibility index (Phi) is 4.91. The molecule has 0 saturated carbocycles. The van der Waals surface area contributed by atoms with Gasteiger partial charge in [0.1, 0.15) is 11.5 Å².